The first-order valence-corrected chi connectivity index (χ1v) is 7.83. The first-order valence-electron chi connectivity index (χ1n) is 6.22. The molecule has 1 fully saturated rings. The van der Waals surface area contributed by atoms with Gasteiger partial charge < -0.3 is 4.42 Å². The molecule has 0 radical (unpaired) electrons. The summed E-state index contributed by atoms with van der Waals surface area (Å²) >= 11 is 12.1. The molecule has 1 amide bonds. The summed E-state index contributed by atoms with van der Waals surface area (Å²) < 4.78 is 19.3. The lowest BCUT2D eigenvalue weighted by molar-refractivity contribution is -0.121. The highest BCUT2D eigenvalue weighted by Gasteiger charge is 2.29. The van der Waals surface area contributed by atoms with E-state index in [1.807, 2.05) is 0 Å². The smallest absolute Gasteiger partial charge is 0.266 e. The SMILES string of the molecule is CN1C(=O)C(=Cc2ccc(-c3ccc(F)c(Cl)c3)o2)SC1=S. The number of furan rings is 1. The number of thioether (sulfide) groups is 1. The Balaban J connectivity index is 1.90. The molecule has 112 valence electrons. The largest absolute Gasteiger partial charge is 0.457 e. The Hall–Kier alpha value is -1.63. The van der Waals surface area contributed by atoms with Crippen molar-refractivity contribution < 1.29 is 13.6 Å². The first-order chi connectivity index (χ1) is 10.5. The molecule has 0 aliphatic carbocycles. The Morgan fingerprint density at radius 1 is 1.36 bits per heavy atom. The summed E-state index contributed by atoms with van der Waals surface area (Å²) in [5, 5.41) is 0.0299. The van der Waals surface area contributed by atoms with Crippen LogP contribution in [0.25, 0.3) is 17.4 Å². The van der Waals surface area contributed by atoms with Crippen molar-refractivity contribution in [3.8, 4) is 11.3 Å². The van der Waals surface area contributed by atoms with E-state index < -0.39 is 5.82 Å². The Labute approximate surface area is 140 Å². The second-order valence-electron chi connectivity index (χ2n) is 4.57. The minimum Gasteiger partial charge on any atom is -0.457 e. The number of hydrogen-bond donors (Lipinski definition) is 0. The lowest BCUT2D eigenvalue weighted by Gasteiger charge is -2.03. The van der Waals surface area contributed by atoms with Gasteiger partial charge in [0.1, 0.15) is 21.7 Å². The second kappa shape index (κ2) is 5.87. The van der Waals surface area contributed by atoms with Gasteiger partial charge in [-0.1, -0.05) is 35.6 Å². The van der Waals surface area contributed by atoms with Gasteiger partial charge in [-0.15, -0.1) is 0 Å². The van der Waals surface area contributed by atoms with E-state index in [0.717, 1.165) is 0 Å². The first kappa shape index (κ1) is 15.3. The molecule has 1 aromatic heterocycles. The molecule has 0 atom stereocenters. The summed E-state index contributed by atoms with van der Waals surface area (Å²) in [6.07, 6.45) is 1.64. The summed E-state index contributed by atoms with van der Waals surface area (Å²) in [6.45, 7) is 0. The average molecular weight is 354 g/mol. The summed E-state index contributed by atoms with van der Waals surface area (Å²) in [4.78, 5) is 13.8. The van der Waals surface area contributed by atoms with E-state index in [-0.39, 0.29) is 10.9 Å². The van der Waals surface area contributed by atoms with E-state index >= 15 is 0 Å². The van der Waals surface area contributed by atoms with Gasteiger partial charge in [0.15, 0.2) is 0 Å². The van der Waals surface area contributed by atoms with Crippen molar-refractivity contribution in [2.24, 2.45) is 0 Å². The molecule has 1 aliphatic rings. The van der Waals surface area contributed by atoms with E-state index in [9.17, 15) is 9.18 Å². The van der Waals surface area contributed by atoms with Crippen LogP contribution in [-0.4, -0.2) is 22.2 Å². The number of hydrogen-bond acceptors (Lipinski definition) is 4. The van der Waals surface area contributed by atoms with Gasteiger partial charge in [-0.3, -0.25) is 9.69 Å². The van der Waals surface area contributed by atoms with Crippen molar-refractivity contribution in [3.63, 3.8) is 0 Å². The fraction of sp³-hybridized carbons (Fsp3) is 0.0667. The fourth-order valence-corrected chi connectivity index (χ4v) is 3.25. The Kier molecular flexibility index (Phi) is 4.08. The lowest BCUT2D eigenvalue weighted by Crippen LogP contribution is -2.22. The van der Waals surface area contributed by atoms with Crippen molar-refractivity contribution in [2.75, 3.05) is 7.05 Å². The zero-order valence-corrected chi connectivity index (χ0v) is 13.7. The number of amides is 1. The number of nitrogens with zero attached hydrogens (tertiary/aromatic N) is 1. The van der Waals surface area contributed by atoms with Crippen LogP contribution >= 0.6 is 35.6 Å². The Morgan fingerprint density at radius 2 is 2.14 bits per heavy atom. The van der Waals surface area contributed by atoms with Crippen LogP contribution in [0, 0.1) is 5.82 Å². The third-order valence-electron chi connectivity index (χ3n) is 3.09. The van der Waals surface area contributed by atoms with Crippen LogP contribution in [0.2, 0.25) is 5.02 Å². The van der Waals surface area contributed by atoms with Gasteiger partial charge >= 0.3 is 0 Å². The lowest BCUT2D eigenvalue weighted by atomic mass is 10.2. The number of benzene rings is 1. The molecule has 1 aliphatic heterocycles. The minimum atomic E-state index is -0.483. The highest BCUT2D eigenvalue weighted by atomic mass is 35.5. The molecule has 0 saturated carbocycles. The third kappa shape index (κ3) is 2.82. The van der Waals surface area contributed by atoms with E-state index in [0.29, 0.717) is 26.3 Å². The summed E-state index contributed by atoms with van der Waals surface area (Å²) in [5.74, 6) is 0.422. The van der Waals surface area contributed by atoms with Crippen molar-refractivity contribution in [3.05, 3.63) is 51.8 Å². The van der Waals surface area contributed by atoms with Gasteiger partial charge in [0.25, 0.3) is 5.91 Å². The van der Waals surface area contributed by atoms with Crippen LogP contribution in [0.1, 0.15) is 5.76 Å². The maximum absolute atomic E-state index is 13.2. The monoisotopic (exact) mass is 353 g/mol. The summed E-state index contributed by atoms with van der Waals surface area (Å²) in [5.41, 5.74) is 0.661. The maximum atomic E-state index is 13.2. The molecule has 0 bridgehead atoms. The molecule has 1 saturated heterocycles. The van der Waals surface area contributed by atoms with Crippen LogP contribution in [0.5, 0.6) is 0 Å². The van der Waals surface area contributed by atoms with Crippen LogP contribution < -0.4 is 0 Å². The Bertz CT molecular complexity index is 816. The van der Waals surface area contributed by atoms with Crippen LogP contribution in [-0.2, 0) is 4.79 Å². The summed E-state index contributed by atoms with van der Waals surface area (Å²) in [6, 6.07) is 7.82. The topological polar surface area (TPSA) is 33.5 Å². The van der Waals surface area contributed by atoms with Crippen LogP contribution in [0.4, 0.5) is 4.39 Å². The zero-order valence-electron chi connectivity index (χ0n) is 11.3. The van der Waals surface area contributed by atoms with Crippen molar-refractivity contribution in [2.45, 2.75) is 0 Å². The number of thiocarbonyl (C=S) groups is 1. The fourth-order valence-electron chi connectivity index (χ4n) is 1.91. The van der Waals surface area contributed by atoms with E-state index in [1.54, 1.807) is 31.3 Å². The quantitative estimate of drug-likeness (QED) is 0.585. The molecule has 0 spiro atoms. The standard InChI is InChI=1S/C15H9ClFNO2S2/c1-18-14(19)13(22-15(18)21)7-9-3-5-12(20-9)8-2-4-11(17)10(16)6-8/h2-7H,1H3. The molecule has 0 N–H and O–H groups in total. The van der Waals surface area contributed by atoms with Crippen LogP contribution in [0.3, 0.4) is 0 Å². The molecule has 3 rings (SSSR count). The highest BCUT2D eigenvalue weighted by molar-refractivity contribution is 8.26. The van der Waals surface area contributed by atoms with Gasteiger partial charge in [-0.05, 0) is 30.3 Å². The van der Waals surface area contributed by atoms with E-state index in [4.69, 9.17) is 28.2 Å². The molecule has 7 heteroatoms. The molecule has 2 aromatic rings. The van der Waals surface area contributed by atoms with Crippen molar-refractivity contribution >= 4 is 51.9 Å². The third-order valence-corrected chi connectivity index (χ3v) is 4.87. The normalized spacial score (nSPS) is 16.9. The van der Waals surface area contributed by atoms with E-state index in [2.05, 4.69) is 0 Å². The molecule has 2 heterocycles. The second-order valence-corrected chi connectivity index (χ2v) is 6.65. The zero-order chi connectivity index (χ0) is 15.9. The number of rotatable bonds is 2. The Morgan fingerprint density at radius 3 is 2.77 bits per heavy atom. The van der Waals surface area contributed by atoms with E-state index in [1.165, 1.54) is 28.8 Å². The average Bonchev–Trinajstić information content (AvgIpc) is 3.04. The minimum absolute atomic E-state index is 0.0299. The highest BCUT2D eigenvalue weighted by Crippen LogP contribution is 2.33. The number of carbonyl (C=O) groups is 1. The van der Waals surface area contributed by atoms with Crippen LogP contribution in [0.15, 0.2) is 39.7 Å². The molecular formula is C15H9ClFNO2S2. The molecule has 1 aromatic carbocycles. The predicted octanol–water partition coefficient (Wildman–Crippen LogP) is 4.57. The number of carbonyl (C=O) groups excluding carboxylic acids is 1. The molecule has 22 heavy (non-hydrogen) atoms. The van der Waals surface area contributed by atoms with Crippen molar-refractivity contribution in [1.82, 2.24) is 4.90 Å². The maximum Gasteiger partial charge on any atom is 0.266 e. The predicted molar refractivity (Wildman–Crippen MR) is 90.0 cm³/mol. The van der Waals surface area contributed by atoms with Gasteiger partial charge in [-0.2, -0.15) is 0 Å². The number of halogens is 2. The van der Waals surface area contributed by atoms with Gasteiger partial charge in [0.2, 0.25) is 0 Å². The summed E-state index contributed by atoms with van der Waals surface area (Å²) in [7, 11) is 1.63. The molecule has 0 unspecified atom stereocenters. The molecule has 3 nitrogen and oxygen atoms in total. The van der Waals surface area contributed by atoms with Gasteiger partial charge in [0, 0.05) is 18.7 Å². The van der Waals surface area contributed by atoms with Gasteiger partial charge in [-0.25, -0.2) is 4.39 Å². The van der Waals surface area contributed by atoms with Gasteiger partial charge in [0.05, 0.1) is 9.93 Å². The molecular weight excluding hydrogens is 345 g/mol. The van der Waals surface area contributed by atoms with Crippen molar-refractivity contribution in [1.29, 1.82) is 0 Å². The number of likely N-dealkylation sites (N-methyl/N-ethyl adjacent to an activating group) is 1.